The first-order chi connectivity index (χ1) is 6.35. The lowest BCUT2D eigenvalue weighted by atomic mass is 9.95. The lowest BCUT2D eigenvalue weighted by molar-refractivity contribution is 0.229. The predicted molar refractivity (Wildman–Crippen MR) is 54.5 cm³/mol. The molecule has 0 amide bonds. The zero-order chi connectivity index (χ0) is 10.8. The zero-order valence-corrected chi connectivity index (χ0v) is 9.47. The second-order valence-electron chi connectivity index (χ2n) is 4.42. The van der Waals surface area contributed by atoms with Crippen molar-refractivity contribution < 1.29 is 8.42 Å². The fraction of sp³-hybridized carbons (Fsp3) is 0.889. The van der Waals surface area contributed by atoms with E-state index >= 15 is 0 Å². The number of sulfone groups is 1. The maximum atomic E-state index is 11.1. The van der Waals surface area contributed by atoms with Gasteiger partial charge in [-0.1, -0.05) is 0 Å². The summed E-state index contributed by atoms with van der Waals surface area (Å²) in [7, 11) is -2.80. The van der Waals surface area contributed by atoms with Crippen LogP contribution in [0.4, 0.5) is 0 Å². The molecule has 0 N–H and O–H groups in total. The van der Waals surface area contributed by atoms with Gasteiger partial charge >= 0.3 is 0 Å². The molecule has 0 aromatic heterocycles. The monoisotopic (exact) mass is 216 g/mol. The third-order valence-corrected chi connectivity index (χ3v) is 3.97. The standard InChI is InChI=1S/C9H16N2O2S/c1-9(2,7-10)8-11-3-5-14(12,13)6-4-11/h3-6,8H2,1-2H3. The summed E-state index contributed by atoms with van der Waals surface area (Å²) in [6, 6.07) is 2.22. The molecular weight excluding hydrogens is 200 g/mol. The fourth-order valence-corrected chi connectivity index (χ4v) is 2.78. The van der Waals surface area contributed by atoms with E-state index in [4.69, 9.17) is 5.26 Å². The van der Waals surface area contributed by atoms with Gasteiger partial charge < -0.3 is 0 Å². The van der Waals surface area contributed by atoms with Crippen molar-refractivity contribution in [2.75, 3.05) is 31.1 Å². The van der Waals surface area contributed by atoms with Gasteiger partial charge in [0.2, 0.25) is 0 Å². The van der Waals surface area contributed by atoms with Crippen LogP contribution in [-0.4, -0.2) is 44.5 Å². The third kappa shape index (κ3) is 3.28. The van der Waals surface area contributed by atoms with Crippen LogP contribution >= 0.6 is 0 Å². The Balaban J connectivity index is 2.49. The van der Waals surface area contributed by atoms with E-state index in [0.29, 0.717) is 19.6 Å². The number of nitriles is 1. The van der Waals surface area contributed by atoms with Gasteiger partial charge in [-0.05, 0) is 13.8 Å². The maximum absolute atomic E-state index is 11.1. The van der Waals surface area contributed by atoms with Gasteiger partial charge in [0.25, 0.3) is 0 Å². The summed E-state index contributed by atoms with van der Waals surface area (Å²) in [5.74, 6) is 0.461. The van der Waals surface area contributed by atoms with Crippen LogP contribution in [0.3, 0.4) is 0 Å². The largest absolute Gasteiger partial charge is 0.300 e. The Hall–Kier alpha value is -0.600. The molecule has 1 heterocycles. The molecule has 1 saturated heterocycles. The lowest BCUT2D eigenvalue weighted by Gasteiger charge is -2.30. The molecule has 1 fully saturated rings. The number of nitrogens with zero attached hydrogens (tertiary/aromatic N) is 2. The first-order valence-electron chi connectivity index (χ1n) is 4.69. The van der Waals surface area contributed by atoms with Gasteiger partial charge in [0.05, 0.1) is 23.0 Å². The molecule has 5 heteroatoms. The summed E-state index contributed by atoms with van der Waals surface area (Å²) in [6.45, 7) is 5.52. The minimum absolute atomic E-state index is 0.231. The second kappa shape index (κ2) is 3.87. The SMILES string of the molecule is CC(C)(C#N)CN1CCS(=O)(=O)CC1. The topological polar surface area (TPSA) is 61.2 Å². The number of hydrogen-bond donors (Lipinski definition) is 0. The van der Waals surface area contributed by atoms with Crippen LogP contribution in [0.15, 0.2) is 0 Å². The molecule has 0 atom stereocenters. The van der Waals surface area contributed by atoms with E-state index in [0.717, 1.165) is 0 Å². The van der Waals surface area contributed by atoms with Gasteiger partial charge in [-0.25, -0.2) is 8.42 Å². The third-order valence-electron chi connectivity index (χ3n) is 2.36. The lowest BCUT2D eigenvalue weighted by Crippen LogP contribution is -2.44. The van der Waals surface area contributed by atoms with E-state index in [1.165, 1.54) is 0 Å². The van der Waals surface area contributed by atoms with Gasteiger partial charge in [0.15, 0.2) is 9.84 Å². The molecule has 0 aromatic rings. The zero-order valence-electron chi connectivity index (χ0n) is 8.65. The Kier molecular flexibility index (Phi) is 3.17. The Bertz CT molecular complexity index is 326. The van der Waals surface area contributed by atoms with Gasteiger partial charge in [0.1, 0.15) is 0 Å². The average Bonchev–Trinajstić information content (AvgIpc) is 2.09. The minimum atomic E-state index is -2.80. The van der Waals surface area contributed by atoms with Crippen molar-refractivity contribution in [2.45, 2.75) is 13.8 Å². The molecule has 0 bridgehead atoms. The summed E-state index contributed by atoms with van der Waals surface area (Å²) in [6.07, 6.45) is 0. The summed E-state index contributed by atoms with van der Waals surface area (Å²) < 4.78 is 22.3. The van der Waals surface area contributed by atoms with Crippen molar-refractivity contribution in [1.29, 1.82) is 5.26 Å². The Morgan fingerprint density at radius 3 is 2.29 bits per heavy atom. The number of hydrogen-bond acceptors (Lipinski definition) is 4. The van der Waals surface area contributed by atoms with Crippen LogP contribution in [0.2, 0.25) is 0 Å². The Morgan fingerprint density at radius 1 is 1.36 bits per heavy atom. The van der Waals surface area contributed by atoms with Gasteiger partial charge in [-0.2, -0.15) is 5.26 Å². The minimum Gasteiger partial charge on any atom is -0.300 e. The molecular formula is C9H16N2O2S. The van der Waals surface area contributed by atoms with Crippen molar-refractivity contribution in [2.24, 2.45) is 5.41 Å². The van der Waals surface area contributed by atoms with Crippen LogP contribution in [-0.2, 0) is 9.84 Å². The molecule has 1 rings (SSSR count). The molecule has 0 spiro atoms. The van der Waals surface area contributed by atoms with Gasteiger partial charge in [-0.15, -0.1) is 0 Å². The normalized spacial score (nSPS) is 22.9. The van der Waals surface area contributed by atoms with Crippen LogP contribution in [0.25, 0.3) is 0 Å². The quantitative estimate of drug-likeness (QED) is 0.664. The van der Waals surface area contributed by atoms with Crippen molar-refractivity contribution in [3.63, 3.8) is 0 Å². The highest BCUT2D eigenvalue weighted by molar-refractivity contribution is 7.91. The molecule has 0 saturated carbocycles. The summed E-state index contributed by atoms with van der Waals surface area (Å²) in [5, 5.41) is 8.83. The smallest absolute Gasteiger partial charge is 0.152 e. The molecule has 80 valence electrons. The predicted octanol–water partition coefficient (Wildman–Crippen LogP) is 0.267. The molecule has 4 nitrogen and oxygen atoms in total. The fourth-order valence-electron chi connectivity index (χ4n) is 1.50. The van der Waals surface area contributed by atoms with Crippen LogP contribution < -0.4 is 0 Å². The maximum Gasteiger partial charge on any atom is 0.152 e. The molecule has 0 unspecified atom stereocenters. The Morgan fingerprint density at radius 2 is 1.86 bits per heavy atom. The van der Waals surface area contributed by atoms with E-state index < -0.39 is 9.84 Å². The highest BCUT2D eigenvalue weighted by Crippen LogP contribution is 2.16. The Labute approximate surface area is 85.4 Å². The van der Waals surface area contributed by atoms with E-state index in [9.17, 15) is 8.42 Å². The summed E-state index contributed by atoms with van der Waals surface area (Å²) >= 11 is 0. The molecule has 0 radical (unpaired) electrons. The molecule has 0 aliphatic carbocycles. The van der Waals surface area contributed by atoms with E-state index in [2.05, 4.69) is 6.07 Å². The average molecular weight is 216 g/mol. The second-order valence-corrected chi connectivity index (χ2v) is 6.73. The van der Waals surface area contributed by atoms with Crippen molar-refractivity contribution in [1.82, 2.24) is 4.90 Å². The van der Waals surface area contributed by atoms with Crippen LogP contribution in [0.5, 0.6) is 0 Å². The van der Waals surface area contributed by atoms with Crippen LogP contribution in [0, 0.1) is 16.7 Å². The summed E-state index contributed by atoms with van der Waals surface area (Å²) in [4.78, 5) is 2.05. The molecule has 0 aromatic carbocycles. The first kappa shape index (κ1) is 11.5. The first-order valence-corrected chi connectivity index (χ1v) is 6.51. The summed E-state index contributed by atoms with van der Waals surface area (Å²) in [5.41, 5.74) is -0.388. The van der Waals surface area contributed by atoms with E-state index in [1.54, 1.807) is 0 Å². The molecule has 1 aliphatic heterocycles. The van der Waals surface area contributed by atoms with Crippen molar-refractivity contribution in [3.05, 3.63) is 0 Å². The highest BCUT2D eigenvalue weighted by atomic mass is 32.2. The number of rotatable bonds is 2. The van der Waals surface area contributed by atoms with E-state index in [-0.39, 0.29) is 16.9 Å². The molecule has 1 aliphatic rings. The van der Waals surface area contributed by atoms with Crippen molar-refractivity contribution in [3.8, 4) is 6.07 Å². The molecule has 14 heavy (non-hydrogen) atoms. The van der Waals surface area contributed by atoms with Gasteiger partial charge in [-0.3, -0.25) is 4.90 Å². The van der Waals surface area contributed by atoms with Crippen LogP contribution in [0.1, 0.15) is 13.8 Å². The van der Waals surface area contributed by atoms with E-state index in [1.807, 2.05) is 18.7 Å². The van der Waals surface area contributed by atoms with Crippen molar-refractivity contribution >= 4 is 9.84 Å². The highest BCUT2D eigenvalue weighted by Gasteiger charge is 2.26. The van der Waals surface area contributed by atoms with Gasteiger partial charge in [0, 0.05) is 19.6 Å².